The highest BCUT2D eigenvalue weighted by molar-refractivity contribution is 7.46. The van der Waals surface area contributed by atoms with Gasteiger partial charge in [-0.3, -0.25) is 4.52 Å². The summed E-state index contributed by atoms with van der Waals surface area (Å²) in [7, 11) is -4.79. The average Bonchev–Trinajstić information content (AvgIpc) is 3.01. The SMILES string of the molecule is O=P(O)(O)OCC1OC(N2C=CC3(CCCCCCCCCCCCC3)C(O)NC2O)C(O)C1O. The van der Waals surface area contributed by atoms with E-state index in [2.05, 4.69) is 9.84 Å². The normalized spacial score (nSPS) is 36.1. The Morgan fingerprint density at radius 2 is 1.40 bits per heavy atom. The number of hydrogen-bond donors (Lipinski definition) is 7. The van der Waals surface area contributed by atoms with Crippen molar-refractivity contribution in [2.75, 3.05) is 6.61 Å². The maximum atomic E-state index is 11.1. The van der Waals surface area contributed by atoms with Gasteiger partial charge in [0.2, 0.25) is 0 Å². The molecule has 0 radical (unpaired) electrons. The van der Waals surface area contributed by atoms with E-state index < -0.39 is 57.0 Å². The predicted molar refractivity (Wildman–Crippen MR) is 127 cm³/mol. The Kier molecular flexibility index (Phi) is 11.0. The maximum absolute atomic E-state index is 11.1. The number of rotatable bonds is 4. The predicted octanol–water partition coefficient (Wildman–Crippen LogP) is 1.63. The first-order valence-electron chi connectivity index (χ1n) is 12.9. The second-order valence-corrected chi connectivity index (χ2v) is 11.4. The van der Waals surface area contributed by atoms with Gasteiger partial charge in [0.25, 0.3) is 0 Å². The summed E-state index contributed by atoms with van der Waals surface area (Å²) in [5.74, 6) is 0. The van der Waals surface area contributed by atoms with E-state index in [-0.39, 0.29) is 0 Å². The summed E-state index contributed by atoms with van der Waals surface area (Å²) in [5.41, 5.74) is -0.606. The average molecular weight is 523 g/mol. The summed E-state index contributed by atoms with van der Waals surface area (Å²) in [5, 5.41) is 45.6. The van der Waals surface area contributed by atoms with Crippen LogP contribution in [0.25, 0.3) is 0 Å². The summed E-state index contributed by atoms with van der Waals surface area (Å²) in [6.07, 6.45) is 9.79. The van der Waals surface area contributed by atoms with Crippen molar-refractivity contribution in [3.63, 3.8) is 0 Å². The van der Waals surface area contributed by atoms with Gasteiger partial charge < -0.3 is 39.8 Å². The number of phosphoric ester groups is 1. The van der Waals surface area contributed by atoms with Crippen molar-refractivity contribution in [3.05, 3.63) is 12.3 Å². The van der Waals surface area contributed by atoms with Crippen LogP contribution in [0.3, 0.4) is 0 Å². The summed E-state index contributed by atoms with van der Waals surface area (Å²) in [6, 6.07) is 0. The molecule has 0 aromatic carbocycles. The summed E-state index contributed by atoms with van der Waals surface area (Å²) < 4.78 is 21.1. The largest absolute Gasteiger partial charge is 0.469 e. The zero-order valence-electron chi connectivity index (χ0n) is 20.3. The lowest BCUT2D eigenvalue weighted by atomic mass is 9.76. The smallest absolute Gasteiger partial charge is 0.387 e. The maximum Gasteiger partial charge on any atom is 0.469 e. The summed E-state index contributed by atoms with van der Waals surface area (Å²) in [6.45, 7) is -0.632. The van der Waals surface area contributed by atoms with Crippen LogP contribution in [0.4, 0.5) is 0 Å². The molecule has 1 aliphatic carbocycles. The minimum absolute atomic E-state index is 0.606. The van der Waals surface area contributed by atoms with Crippen molar-refractivity contribution in [3.8, 4) is 0 Å². The highest BCUT2D eigenvalue weighted by Crippen LogP contribution is 2.40. The van der Waals surface area contributed by atoms with Crippen LogP contribution >= 0.6 is 7.82 Å². The first-order chi connectivity index (χ1) is 16.6. The van der Waals surface area contributed by atoms with E-state index in [0.29, 0.717) is 0 Å². The molecular weight excluding hydrogens is 479 g/mol. The molecule has 1 saturated heterocycles. The van der Waals surface area contributed by atoms with Gasteiger partial charge in [-0.2, -0.15) is 0 Å². The fourth-order valence-electron chi connectivity index (χ4n) is 5.37. The lowest BCUT2D eigenvalue weighted by Gasteiger charge is -2.36. The Bertz CT molecular complexity index is 707. The molecule has 3 rings (SSSR count). The van der Waals surface area contributed by atoms with E-state index >= 15 is 0 Å². The molecule has 1 spiro atoms. The molecule has 0 amide bonds. The van der Waals surface area contributed by atoms with Crippen LogP contribution in [-0.4, -0.2) is 78.8 Å². The molecule has 2 aliphatic heterocycles. The van der Waals surface area contributed by atoms with Gasteiger partial charge >= 0.3 is 7.82 Å². The lowest BCUT2D eigenvalue weighted by Crippen LogP contribution is -2.55. The van der Waals surface area contributed by atoms with Crippen LogP contribution < -0.4 is 5.32 Å². The molecule has 2 fully saturated rings. The van der Waals surface area contributed by atoms with Gasteiger partial charge in [-0.1, -0.05) is 76.7 Å². The molecule has 12 heteroatoms. The molecule has 1 saturated carbocycles. The van der Waals surface area contributed by atoms with Crippen LogP contribution in [0.1, 0.15) is 83.5 Å². The van der Waals surface area contributed by atoms with Crippen LogP contribution in [0.2, 0.25) is 0 Å². The number of aliphatic hydroxyl groups is 4. The number of hydrogen-bond acceptors (Lipinski definition) is 9. The van der Waals surface area contributed by atoms with Crippen molar-refractivity contribution < 1.29 is 44.0 Å². The first-order valence-corrected chi connectivity index (χ1v) is 14.5. The molecule has 204 valence electrons. The summed E-state index contributed by atoms with van der Waals surface area (Å²) in [4.78, 5) is 19.1. The molecule has 6 atom stereocenters. The molecule has 0 bridgehead atoms. The van der Waals surface area contributed by atoms with Crippen LogP contribution in [0.5, 0.6) is 0 Å². The lowest BCUT2D eigenvalue weighted by molar-refractivity contribution is -0.152. The second-order valence-electron chi connectivity index (χ2n) is 10.2. The number of nitrogens with zero attached hydrogens (tertiary/aromatic N) is 1. The standard InChI is InChI=1S/C23H43N2O9P/c26-18-17(16-33-35(30,31)32)34-20(19(18)27)25-15-14-23(21(28)24-22(25)29)12-10-8-6-4-2-1-3-5-7-9-11-13-23/h14-15,17-22,24,26-29H,1-13,16H2,(H2,30,31,32). The zero-order chi connectivity index (χ0) is 25.5. The Labute approximate surface area is 207 Å². The zero-order valence-corrected chi connectivity index (χ0v) is 21.2. The van der Waals surface area contributed by atoms with Crippen LogP contribution in [0, 0.1) is 5.41 Å². The fraction of sp³-hybridized carbons (Fsp3) is 0.913. The van der Waals surface area contributed by atoms with Gasteiger partial charge in [0.05, 0.1) is 6.61 Å². The van der Waals surface area contributed by atoms with Gasteiger partial charge in [-0.05, 0) is 12.8 Å². The number of ether oxygens (including phenoxy) is 1. The Hall–Kier alpha value is -0.590. The number of aliphatic hydroxyl groups excluding tert-OH is 4. The fourth-order valence-corrected chi connectivity index (χ4v) is 5.71. The summed E-state index contributed by atoms with van der Waals surface area (Å²) >= 11 is 0. The molecule has 6 unspecified atom stereocenters. The van der Waals surface area contributed by atoms with E-state index in [9.17, 15) is 25.0 Å². The van der Waals surface area contributed by atoms with E-state index in [1.54, 1.807) is 6.20 Å². The highest BCUT2D eigenvalue weighted by atomic mass is 31.2. The third kappa shape index (κ3) is 8.20. The van der Waals surface area contributed by atoms with Gasteiger partial charge in [0, 0.05) is 11.6 Å². The molecule has 35 heavy (non-hydrogen) atoms. The third-order valence-electron chi connectivity index (χ3n) is 7.53. The number of nitrogens with one attached hydrogen (secondary N) is 1. The first kappa shape index (κ1) is 29.0. The van der Waals surface area contributed by atoms with E-state index in [1.165, 1.54) is 37.0 Å². The van der Waals surface area contributed by atoms with Gasteiger partial charge in [0.1, 0.15) is 24.5 Å². The van der Waals surface area contributed by atoms with Crippen LogP contribution in [0.15, 0.2) is 12.3 Å². The van der Waals surface area contributed by atoms with Crippen molar-refractivity contribution >= 4 is 7.82 Å². The topological polar surface area (TPSA) is 172 Å². The second kappa shape index (κ2) is 13.3. The van der Waals surface area contributed by atoms with Gasteiger partial charge in [-0.25, -0.2) is 9.88 Å². The molecule has 3 aliphatic rings. The Morgan fingerprint density at radius 1 is 0.886 bits per heavy atom. The third-order valence-corrected chi connectivity index (χ3v) is 8.02. The number of phosphoric acid groups is 1. The van der Waals surface area contributed by atoms with E-state index in [4.69, 9.17) is 14.5 Å². The van der Waals surface area contributed by atoms with Crippen LogP contribution in [-0.2, 0) is 13.8 Å². The highest BCUT2D eigenvalue weighted by Gasteiger charge is 2.49. The molecule has 11 nitrogen and oxygen atoms in total. The van der Waals surface area contributed by atoms with Crippen molar-refractivity contribution in [1.29, 1.82) is 0 Å². The molecule has 7 N–H and O–H groups in total. The minimum atomic E-state index is -4.79. The minimum Gasteiger partial charge on any atom is -0.387 e. The molecule has 0 aromatic heterocycles. The van der Waals surface area contributed by atoms with E-state index in [0.717, 1.165) is 51.4 Å². The van der Waals surface area contributed by atoms with Crippen molar-refractivity contribution in [1.82, 2.24) is 10.2 Å². The van der Waals surface area contributed by atoms with Gasteiger partial charge in [-0.15, -0.1) is 0 Å². The molecular formula is C23H43N2O9P. The Morgan fingerprint density at radius 3 is 1.91 bits per heavy atom. The molecule has 2 heterocycles. The monoisotopic (exact) mass is 522 g/mol. The van der Waals surface area contributed by atoms with Gasteiger partial charge in [0.15, 0.2) is 12.6 Å². The van der Waals surface area contributed by atoms with E-state index in [1.807, 2.05) is 6.08 Å². The molecule has 0 aromatic rings. The quantitative estimate of drug-likeness (QED) is 0.268. The van der Waals surface area contributed by atoms with Crippen molar-refractivity contribution in [2.24, 2.45) is 5.41 Å². The van der Waals surface area contributed by atoms with Crippen molar-refractivity contribution in [2.45, 2.75) is 121 Å². The Balaban J connectivity index is 1.73.